The summed E-state index contributed by atoms with van der Waals surface area (Å²) in [6.07, 6.45) is 2.42. The lowest BCUT2D eigenvalue weighted by molar-refractivity contribution is -0.140. The number of hydrogen-bond donors (Lipinski definition) is 7. The summed E-state index contributed by atoms with van der Waals surface area (Å²) in [5.74, 6) is -4.71. The highest BCUT2D eigenvalue weighted by atomic mass is 16.4. The molecule has 3 amide bonds. The van der Waals surface area contributed by atoms with E-state index in [9.17, 15) is 24.0 Å². The number of amides is 3. The van der Waals surface area contributed by atoms with Gasteiger partial charge in [0.2, 0.25) is 17.7 Å². The topological polar surface area (TPSA) is 217 Å². The molecule has 0 aliphatic carbocycles. The van der Waals surface area contributed by atoms with Crippen LogP contribution in [0.5, 0.6) is 0 Å². The van der Waals surface area contributed by atoms with Crippen molar-refractivity contribution in [1.29, 1.82) is 0 Å². The maximum Gasteiger partial charge on any atom is 0.322 e. The molecule has 0 radical (unpaired) electrons. The van der Waals surface area contributed by atoms with E-state index in [0.29, 0.717) is 5.69 Å². The fourth-order valence-electron chi connectivity index (χ4n) is 2.23. The lowest BCUT2D eigenvalue weighted by Crippen LogP contribution is -2.55. The molecule has 1 aromatic heterocycles. The fraction of sp³-hybridized carbons (Fsp3) is 0.500. The second-order valence-corrected chi connectivity index (χ2v) is 6.22. The van der Waals surface area contributed by atoms with Gasteiger partial charge in [-0.15, -0.1) is 0 Å². The Bertz CT molecular complexity index is 736. The summed E-state index contributed by atoms with van der Waals surface area (Å²) in [6, 6.07) is -3.31. The quantitative estimate of drug-likeness (QED) is 0.190. The first-order valence-corrected chi connectivity index (χ1v) is 8.65. The molecule has 0 aromatic carbocycles. The van der Waals surface area contributed by atoms with Gasteiger partial charge in [-0.05, 0) is 13.3 Å². The van der Waals surface area contributed by atoms with Crippen molar-refractivity contribution in [2.45, 2.75) is 44.3 Å². The van der Waals surface area contributed by atoms with E-state index in [0.717, 1.165) is 0 Å². The zero-order chi connectivity index (χ0) is 22.0. The summed E-state index contributed by atoms with van der Waals surface area (Å²) in [4.78, 5) is 64.3. The largest absolute Gasteiger partial charge is 0.481 e. The maximum atomic E-state index is 12.3. The predicted octanol–water partition coefficient (Wildman–Crippen LogP) is -2.67. The monoisotopic (exact) mass is 412 g/mol. The van der Waals surface area contributed by atoms with Crippen molar-refractivity contribution in [1.82, 2.24) is 25.9 Å². The van der Waals surface area contributed by atoms with Crippen LogP contribution in [0.3, 0.4) is 0 Å². The molecule has 0 fully saturated rings. The number of aliphatic carboxylic acids is 2. The molecule has 1 aromatic rings. The molecule has 29 heavy (non-hydrogen) atoms. The highest BCUT2D eigenvalue weighted by Gasteiger charge is 2.26. The first kappa shape index (κ1) is 23.6. The van der Waals surface area contributed by atoms with E-state index in [1.54, 1.807) is 0 Å². The number of carbonyl (C=O) groups excluding carboxylic acids is 3. The van der Waals surface area contributed by atoms with Gasteiger partial charge in [0.05, 0.1) is 12.4 Å². The van der Waals surface area contributed by atoms with E-state index in [1.807, 2.05) is 0 Å². The number of nitrogens with two attached hydrogens (primary N) is 1. The fourth-order valence-corrected chi connectivity index (χ4v) is 2.23. The summed E-state index contributed by atoms with van der Waals surface area (Å²) >= 11 is 0. The molecule has 0 saturated carbocycles. The van der Waals surface area contributed by atoms with E-state index < -0.39 is 60.8 Å². The molecule has 13 nitrogen and oxygen atoms in total. The minimum absolute atomic E-state index is 0.166. The van der Waals surface area contributed by atoms with Crippen LogP contribution in [-0.4, -0.2) is 74.5 Å². The summed E-state index contributed by atoms with van der Waals surface area (Å²) in [6.45, 7) is 0.673. The summed E-state index contributed by atoms with van der Waals surface area (Å²) in [7, 11) is 0. The van der Waals surface area contributed by atoms with Crippen LogP contribution in [0.2, 0.25) is 0 Å². The SMILES string of the molecule is CC(NC(=O)C(N)Cc1cnc[nH]1)C(=O)NC(CCC(=O)O)C(=O)NCC(=O)O. The number of imidazole rings is 1. The van der Waals surface area contributed by atoms with Gasteiger partial charge in [-0.2, -0.15) is 0 Å². The van der Waals surface area contributed by atoms with Crippen LogP contribution in [0.25, 0.3) is 0 Å². The number of carboxylic acids is 2. The molecule has 1 heterocycles. The minimum Gasteiger partial charge on any atom is -0.481 e. The Morgan fingerprint density at radius 2 is 1.79 bits per heavy atom. The molecule has 0 saturated heterocycles. The highest BCUT2D eigenvalue weighted by Crippen LogP contribution is 2.01. The minimum atomic E-state index is -1.30. The van der Waals surface area contributed by atoms with Crippen molar-refractivity contribution in [2.24, 2.45) is 5.73 Å². The lowest BCUT2D eigenvalue weighted by Gasteiger charge is -2.21. The van der Waals surface area contributed by atoms with Crippen LogP contribution >= 0.6 is 0 Å². The van der Waals surface area contributed by atoms with Crippen LogP contribution in [0.15, 0.2) is 12.5 Å². The van der Waals surface area contributed by atoms with E-state index in [-0.39, 0.29) is 12.8 Å². The molecule has 3 unspecified atom stereocenters. The average molecular weight is 412 g/mol. The van der Waals surface area contributed by atoms with Gasteiger partial charge < -0.3 is 36.9 Å². The number of aromatic amines is 1. The molecule has 13 heteroatoms. The van der Waals surface area contributed by atoms with Gasteiger partial charge in [-0.3, -0.25) is 24.0 Å². The van der Waals surface area contributed by atoms with Crippen LogP contribution in [0.4, 0.5) is 0 Å². The molecule has 3 atom stereocenters. The Morgan fingerprint density at radius 3 is 2.34 bits per heavy atom. The van der Waals surface area contributed by atoms with Crippen molar-refractivity contribution in [3.8, 4) is 0 Å². The van der Waals surface area contributed by atoms with Gasteiger partial charge in [0.1, 0.15) is 18.6 Å². The Balaban J connectivity index is 2.63. The van der Waals surface area contributed by atoms with Crippen LogP contribution in [-0.2, 0) is 30.4 Å². The number of nitrogens with zero attached hydrogens (tertiary/aromatic N) is 1. The number of rotatable bonds is 12. The van der Waals surface area contributed by atoms with Gasteiger partial charge in [0.25, 0.3) is 0 Å². The smallest absolute Gasteiger partial charge is 0.322 e. The standard InChI is InChI=1S/C16H24N6O7/c1-8(21-15(28)10(17)4-9-5-18-7-20-9)14(27)22-11(2-3-12(23)24)16(29)19-6-13(25)26/h5,7-8,10-11H,2-4,6,17H2,1H3,(H,18,20)(H,19,29)(H,21,28)(H,22,27)(H,23,24)(H,25,26). The van der Waals surface area contributed by atoms with Gasteiger partial charge in [0, 0.05) is 24.7 Å². The first-order valence-electron chi connectivity index (χ1n) is 8.65. The Morgan fingerprint density at radius 1 is 1.10 bits per heavy atom. The molecule has 0 aliphatic rings. The molecular formula is C16H24N6O7. The number of carboxylic acid groups (broad SMARTS) is 2. The van der Waals surface area contributed by atoms with Crippen molar-refractivity contribution >= 4 is 29.7 Å². The summed E-state index contributed by atoms with van der Waals surface area (Å²) < 4.78 is 0. The summed E-state index contributed by atoms with van der Waals surface area (Å²) in [5, 5.41) is 24.2. The first-order chi connectivity index (χ1) is 13.6. The van der Waals surface area contributed by atoms with Crippen molar-refractivity contribution in [3.05, 3.63) is 18.2 Å². The van der Waals surface area contributed by atoms with Crippen molar-refractivity contribution < 1.29 is 34.2 Å². The number of H-pyrrole nitrogens is 1. The van der Waals surface area contributed by atoms with E-state index in [1.165, 1.54) is 19.4 Å². The average Bonchev–Trinajstić information content (AvgIpc) is 3.15. The molecule has 1 rings (SSSR count). The second kappa shape index (κ2) is 11.4. The zero-order valence-corrected chi connectivity index (χ0v) is 15.7. The highest BCUT2D eigenvalue weighted by molar-refractivity contribution is 5.93. The zero-order valence-electron chi connectivity index (χ0n) is 15.7. The van der Waals surface area contributed by atoms with E-state index in [4.69, 9.17) is 15.9 Å². The number of aromatic nitrogens is 2. The van der Waals surface area contributed by atoms with Gasteiger partial charge in [0.15, 0.2) is 0 Å². The maximum absolute atomic E-state index is 12.3. The Hall–Kier alpha value is -3.48. The molecule has 8 N–H and O–H groups in total. The third kappa shape index (κ3) is 8.83. The van der Waals surface area contributed by atoms with Gasteiger partial charge >= 0.3 is 11.9 Å². The molecule has 0 bridgehead atoms. The van der Waals surface area contributed by atoms with E-state index in [2.05, 4.69) is 25.9 Å². The molecular weight excluding hydrogens is 388 g/mol. The number of nitrogens with one attached hydrogen (secondary N) is 4. The molecule has 160 valence electrons. The van der Waals surface area contributed by atoms with Crippen LogP contribution in [0, 0.1) is 0 Å². The van der Waals surface area contributed by atoms with Crippen LogP contribution in [0.1, 0.15) is 25.5 Å². The van der Waals surface area contributed by atoms with Crippen LogP contribution < -0.4 is 21.7 Å². The third-order valence-electron chi connectivity index (χ3n) is 3.78. The number of carbonyl (C=O) groups is 5. The van der Waals surface area contributed by atoms with Crippen molar-refractivity contribution in [3.63, 3.8) is 0 Å². The van der Waals surface area contributed by atoms with Gasteiger partial charge in [-0.1, -0.05) is 0 Å². The van der Waals surface area contributed by atoms with Crippen molar-refractivity contribution in [2.75, 3.05) is 6.54 Å². The second-order valence-electron chi connectivity index (χ2n) is 6.22. The Kier molecular flexibility index (Phi) is 9.25. The normalized spacial score (nSPS) is 13.6. The molecule has 0 aliphatic heterocycles. The Labute approximate surface area is 165 Å². The van der Waals surface area contributed by atoms with Gasteiger partial charge in [-0.25, -0.2) is 4.98 Å². The summed E-state index contributed by atoms with van der Waals surface area (Å²) in [5.41, 5.74) is 6.41. The predicted molar refractivity (Wildman–Crippen MR) is 97.3 cm³/mol. The van der Waals surface area contributed by atoms with E-state index >= 15 is 0 Å². The molecule has 0 spiro atoms. The number of hydrogen-bond acceptors (Lipinski definition) is 7. The lowest BCUT2D eigenvalue weighted by atomic mass is 10.1. The third-order valence-corrected chi connectivity index (χ3v) is 3.78.